The molecule has 1 amide bonds. The first-order chi connectivity index (χ1) is 13.7. The molecule has 2 aliphatic rings. The van der Waals surface area contributed by atoms with Crippen molar-refractivity contribution in [1.29, 1.82) is 0 Å². The van der Waals surface area contributed by atoms with Crippen LogP contribution in [0.4, 0.5) is 0 Å². The third-order valence-electron chi connectivity index (χ3n) is 5.79. The van der Waals surface area contributed by atoms with E-state index < -0.39 is 10.0 Å². The number of hydrogen-bond acceptors (Lipinski definition) is 4. The molecule has 0 bridgehead atoms. The van der Waals surface area contributed by atoms with Crippen molar-refractivity contribution in [3.05, 3.63) is 29.8 Å². The molecule has 2 fully saturated rings. The van der Waals surface area contributed by atoms with Crippen molar-refractivity contribution in [1.82, 2.24) is 9.21 Å². The van der Waals surface area contributed by atoms with Crippen LogP contribution in [0.5, 0.6) is 0 Å². The van der Waals surface area contributed by atoms with Gasteiger partial charge < -0.3 is 14.5 Å². The Hall–Kier alpha value is -1.48. The number of piperazine rings is 1. The maximum Gasteiger partial charge on any atom is 0.277 e. The first kappa shape index (κ1) is 22.2. The summed E-state index contributed by atoms with van der Waals surface area (Å²) >= 11 is 0. The van der Waals surface area contributed by atoms with E-state index in [1.807, 2.05) is 26.0 Å². The number of hydrogen-bond donors (Lipinski definition) is 1. The molecule has 2 saturated heterocycles. The van der Waals surface area contributed by atoms with E-state index in [1.165, 1.54) is 9.21 Å². The molecular weight excluding hydrogens is 390 g/mol. The SMILES string of the molecule is CC(C)c1ccc(S(=O)(=O)N2CCN(C(=O)C[NH+]3C[C@H](C)O[C@@H](C)C3)CC2)cc1. The van der Waals surface area contributed by atoms with Crippen molar-refractivity contribution in [2.75, 3.05) is 45.8 Å². The molecule has 2 heterocycles. The number of quaternary nitrogens is 1. The zero-order valence-electron chi connectivity index (χ0n) is 17.9. The summed E-state index contributed by atoms with van der Waals surface area (Å²) in [5.74, 6) is 0.459. The molecule has 1 N–H and O–H groups in total. The number of benzene rings is 1. The van der Waals surface area contributed by atoms with E-state index >= 15 is 0 Å². The summed E-state index contributed by atoms with van der Waals surface area (Å²) < 4.78 is 33.1. The molecule has 7 nitrogen and oxygen atoms in total. The number of sulfonamides is 1. The third-order valence-corrected chi connectivity index (χ3v) is 7.71. The Balaban J connectivity index is 1.56. The molecule has 0 radical (unpaired) electrons. The molecule has 0 saturated carbocycles. The molecule has 0 aromatic heterocycles. The smallest absolute Gasteiger partial charge is 0.277 e. The maximum atomic E-state index is 12.9. The van der Waals surface area contributed by atoms with Gasteiger partial charge in [0.25, 0.3) is 5.91 Å². The molecular formula is C21H34N3O4S+. The van der Waals surface area contributed by atoms with Crippen molar-refractivity contribution in [2.45, 2.75) is 50.7 Å². The molecule has 162 valence electrons. The summed E-state index contributed by atoms with van der Waals surface area (Å²) in [4.78, 5) is 16.1. The predicted molar refractivity (Wildman–Crippen MR) is 111 cm³/mol. The molecule has 0 spiro atoms. The van der Waals surface area contributed by atoms with Gasteiger partial charge in [0.1, 0.15) is 25.3 Å². The Kier molecular flexibility index (Phi) is 6.98. The van der Waals surface area contributed by atoms with Crippen molar-refractivity contribution < 1.29 is 22.8 Å². The largest absolute Gasteiger partial charge is 0.364 e. The number of ether oxygens (including phenoxy) is 1. The van der Waals surface area contributed by atoms with Gasteiger partial charge in [0.2, 0.25) is 10.0 Å². The average molecular weight is 425 g/mol. The van der Waals surface area contributed by atoms with E-state index in [4.69, 9.17) is 4.74 Å². The lowest BCUT2D eigenvalue weighted by Crippen LogP contribution is -3.16. The van der Waals surface area contributed by atoms with Gasteiger partial charge in [0.05, 0.1) is 4.90 Å². The molecule has 2 atom stereocenters. The highest BCUT2D eigenvalue weighted by molar-refractivity contribution is 7.89. The topological polar surface area (TPSA) is 71.4 Å². The Morgan fingerprint density at radius 1 is 1.07 bits per heavy atom. The second kappa shape index (κ2) is 9.12. The zero-order valence-corrected chi connectivity index (χ0v) is 18.7. The van der Waals surface area contributed by atoms with Gasteiger partial charge in [-0.05, 0) is 37.5 Å². The maximum absolute atomic E-state index is 12.9. The summed E-state index contributed by atoms with van der Waals surface area (Å²) in [6, 6.07) is 7.13. The lowest BCUT2D eigenvalue weighted by Gasteiger charge is -2.36. The number of amides is 1. The van der Waals surface area contributed by atoms with Gasteiger partial charge in [-0.3, -0.25) is 4.79 Å². The quantitative estimate of drug-likeness (QED) is 0.740. The third kappa shape index (κ3) is 5.36. The number of nitrogens with zero attached hydrogens (tertiary/aromatic N) is 2. The highest BCUT2D eigenvalue weighted by Gasteiger charge is 2.33. The standard InChI is InChI=1S/C21H33N3O4S/c1-16(2)19-5-7-20(8-6-19)29(26,27)24-11-9-23(10-12-24)21(25)15-22-13-17(3)28-18(4)14-22/h5-8,16-18H,9-15H2,1-4H3/p+1/t17-,18-/m0/s1. The Bertz CT molecular complexity index is 792. The van der Waals surface area contributed by atoms with E-state index in [2.05, 4.69) is 13.8 Å². The van der Waals surface area contributed by atoms with Crippen molar-refractivity contribution in [3.8, 4) is 0 Å². The van der Waals surface area contributed by atoms with Gasteiger partial charge in [-0.2, -0.15) is 4.31 Å². The lowest BCUT2D eigenvalue weighted by atomic mass is 10.0. The van der Waals surface area contributed by atoms with E-state index in [9.17, 15) is 13.2 Å². The molecule has 29 heavy (non-hydrogen) atoms. The normalized spacial score (nSPS) is 26.7. The second-order valence-corrected chi connectivity index (χ2v) is 10.5. The fourth-order valence-corrected chi connectivity index (χ4v) is 5.63. The predicted octanol–water partition coefficient (Wildman–Crippen LogP) is 0.335. The molecule has 1 aromatic rings. The summed E-state index contributed by atoms with van der Waals surface area (Å²) in [6.45, 7) is 11.9. The van der Waals surface area contributed by atoms with Crippen molar-refractivity contribution in [3.63, 3.8) is 0 Å². The van der Waals surface area contributed by atoms with E-state index in [0.29, 0.717) is 43.5 Å². The van der Waals surface area contributed by atoms with Crippen LogP contribution >= 0.6 is 0 Å². The van der Waals surface area contributed by atoms with Crippen LogP contribution in [0.1, 0.15) is 39.2 Å². The lowest BCUT2D eigenvalue weighted by molar-refractivity contribution is -0.907. The van der Waals surface area contributed by atoms with Gasteiger partial charge in [-0.1, -0.05) is 26.0 Å². The summed E-state index contributed by atoms with van der Waals surface area (Å²) in [5, 5.41) is 0. The van der Waals surface area contributed by atoms with Gasteiger partial charge >= 0.3 is 0 Å². The van der Waals surface area contributed by atoms with Crippen LogP contribution in [0, 0.1) is 0 Å². The monoisotopic (exact) mass is 424 g/mol. The van der Waals surface area contributed by atoms with E-state index in [-0.39, 0.29) is 18.1 Å². The Morgan fingerprint density at radius 3 is 2.14 bits per heavy atom. The highest BCUT2D eigenvalue weighted by Crippen LogP contribution is 2.21. The number of rotatable bonds is 5. The molecule has 8 heteroatoms. The average Bonchev–Trinajstić information content (AvgIpc) is 2.67. The number of morpholine rings is 1. The summed E-state index contributed by atoms with van der Waals surface area (Å²) in [6.07, 6.45) is 0.316. The van der Waals surface area contributed by atoms with E-state index in [0.717, 1.165) is 18.7 Å². The minimum Gasteiger partial charge on any atom is -0.364 e. The highest BCUT2D eigenvalue weighted by atomic mass is 32.2. The van der Waals surface area contributed by atoms with E-state index in [1.54, 1.807) is 17.0 Å². The fourth-order valence-electron chi connectivity index (χ4n) is 4.21. The summed E-state index contributed by atoms with van der Waals surface area (Å²) in [5.41, 5.74) is 1.12. The fraction of sp³-hybridized carbons (Fsp3) is 0.667. The molecule has 3 rings (SSSR count). The minimum atomic E-state index is -3.52. The van der Waals surface area contributed by atoms with Gasteiger partial charge in [-0.15, -0.1) is 0 Å². The number of carbonyl (C=O) groups is 1. The van der Waals surface area contributed by atoms with Crippen LogP contribution in [0.25, 0.3) is 0 Å². The molecule has 0 aliphatic carbocycles. The summed E-state index contributed by atoms with van der Waals surface area (Å²) in [7, 11) is -3.52. The Morgan fingerprint density at radius 2 is 1.62 bits per heavy atom. The molecule has 2 aliphatic heterocycles. The van der Waals surface area contributed by atoms with Crippen LogP contribution in [0.15, 0.2) is 29.2 Å². The Labute approximate surface area is 174 Å². The van der Waals surface area contributed by atoms with Crippen LogP contribution in [0.3, 0.4) is 0 Å². The minimum absolute atomic E-state index is 0.0969. The number of carbonyl (C=O) groups excluding carboxylic acids is 1. The molecule has 1 aromatic carbocycles. The molecule has 0 unspecified atom stereocenters. The van der Waals surface area contributed by atoms with Crippen molar-refractivity contribution in [2.24, 2.45) is 0 Å². The first-order valence-electron chi connectivity index (χ1n) is 10.5. The van der Waals surface area contributed by atoms with Gasteiger partial charge in [-0.25, -0.2) is 8.42 Å². The van der Waals surface area contributed by atoms with Gasteiger partial charge in [0.15, 0.2) is 6.54 Å². The van der Waals surface area contributed by atoms with Crippen LogP contribution in [0.2, 0.25) is 0 Å². The van der Waals surface area contributed by atoms with Crippen LogP contribution in [-0.2, 0) is 19.6 Å². The second-order valence-electron chi connectivity index (χ2n) is 8.60. The first-order valence-corrected chi connectivity index (χ1v) is 12.0. The van der Waals surface area contributed by atoms with Gasteiger partial charge in [0, 0.05) is 26.2 Å². The van der Waals surface area contributed by atoms with Crippen LogP contribution < -0.4 is 4.90 Å². The zero-order chi connectivity index (χ0) is 21.2. The van der Waals surface area contributed by atoms with Crippen molar-refractivity contribution >= 4 is 15.9 Å². The van der Waals surface area contributed by atoms with Crippen LogP contribution in [-0.4, -0.2) is 81.6 Å². The number of nitrogens with one attached hydrogen (secondary N) is 1.